The lowest BCUT2D eigenvalue weighted by atomic mass is 10.1. The number of aromatic amines is 1. The van der Waals surface area contributed by atoms with E-state index in [0.717, 1.165) is 16.1 Å². The van der Waals surface area contributed by atoms with Crippen LogP contribution in [0.25, 0.3) is 0 Å². The topological polar surface area (TPSA) is 74.8 Å². The van der Waals surface area contributed by atoms with Crippen molar-refractivity contribution < 1.29 is 4.79 Å². The highest BCUT2D eigenvalue weighted by Gasteiger charge is 2.14. The molecule has 0 fully saturated rings. The maximum atomic E-state index is 12.5. The van der Waals surface area contributed by atoms with Crippen molar-refractivity contribution in [2.75, 3.05) is 11.6 Å². The number of carbonyl (C=O) groups excluding carboxylic acids is 1. The first-order valence-corrected chi connectivity index (χ1v) is 11.4. The van der Waals surface area contributed by atoms with Gasteiger partial charge in [-0.1, -0.05) is 47.6 Å². The zero-order valence-electron chi connectivity index (χ0n) is 16.0. The molecule has 0 bridgehead atoms. The molecule has 1 aromatic heterocycles. The van der Waals surface area contributed by atoms with Crippen LogP contribution < -0.4 is 10.9 Å². The van der Waals surface area contributed by atoms with Crippen LogP contribution in [-0.4, -0.2) is 22.1 Å². The summed E-state index contributed by atoms with van der Waals surface area (Å²) in [4.78, 5) is 33.2. The van der Waals surface area contributed by atoms with Gasteiger partial charge in [0, 0.05) is 26.9 Å². The lowest BCUT2D eigenvalue weighted by Crippen LogP contribution is -2.24. The molecule has 1 amide bonds. The lowest BCUT2D eigenvalue weighted by molar-refractivity contribution is -0.115. The van der Waals surface area contributed by atoms with E-state index in [1.54, 1.807) is 18.7 Å². The van der Waals surface area contributed by atoms with Crippen LogP contribution in [0.5, 0.6) is 0 Å². The zero-order valence-corrected chi connectivity index (χ0v) is 18.4. The first-order valence-electron chi connectivity index (χ1n) is 8.86. The van der Waals surface area contributed by atoms with Gasteiger partial charge < -0.3 is 10.3 Å². The normalized spacial score (nSPS) is 10.7. The van der Waals surface area contributed by atoms with E-state index in [1.165, 1.54) is 11.8 Å². The van der Waals surface area contributed by atoms with Gasteiger partial charge in [-0.2, -0.15) is 0 Å². The van der Waals surface area contributed by atoms with Gasteiger partial charge in [-0.15, -0.1) is 11.8 Å². The minimum Gasteiger partial charge on any atom is -0.325 e. The molecule has 3 aromatic rings. The molecule has 0 aliphatic carbocycles. The molecule has 0 spiro atoms. The fraction of sp³-hybridized carbons (Fsp3) is 0.190. The Morgan fingerprint density at radius 2 is 2.00 bits per heavy atom. The van der Waals surface area contributed by atoms with Crippen LogP contribution in [-0.2, 0) is 17.0 Å². The van der Waals surface area contributed by atoms with Crippen molar-refractivity contribution in [3.8, 4) is 0 Å². The Morgan fingerprint density at radius 1 is 1.21 bits per heavy atom. The van der Waals surface area contributed by atoms with Crippen molar-refractivity contribution in [1.29, 1.82) is 0 Å². The van der Waals surface area contributed by atoms with Crippen LogP contribution in [0.2, 0.25) is 5.02 Å². The van der Waals surface area contributed by atoms with E-state index < -0.39 is 0 Å². The number of hydrogen-bond acceptors (Lipinski definition) is 5. The van der Waals surface area contributed by atoms with Gasteiger partial charge in [0.25, 0.3) is 5.56 Å². The monoisotopic (exact) mass is 445 g/mol. The Morgan fingerprint density at radius 3 is 2.72 bits per heavy atom. The van der Waals surface area contributed by atoms with Crippen LogP contribution in [0.1, 0.15) is 16.8 Å². The van der Waals surface area contributed by atoms with Gasteiger partial charge in [-0.05, 0) is 43.0 Å². The molecule has 1 heterocycles. The molecule has 0 aliphatic heterocycles. The third kappa shape index (κ3) is 5.88. The number of para-hydroxylation sites is 1. The molecule has 0 aliphatic rings. The number of nitrogens with zero attached hydrogens (tertiary/aromatic N) is 1. The number of aromatic nitrogens is 2. The summed E-state index contributed by atoms with van der Waals surface area (Å²) in [7, 11) is 0. The molecule has 0 radical (unpaired) electrons. The molecule has 2 N–H and O–H groups in total. The second-order valence-electron chi connectivity index (χ2n) is 6.28. The van der Waals surface area contributed by atoms with E-state index in [4.69, 9.17) is 11.6 Å². The molecule has 0 unspecified atom stereocenters. The summed E-state index contributed by atoms with van der Waals surface area (Å²) >= 11 is 8.97. The van der Waals surface area contributed by atoms with Crippen LogP contribution in [0, 0.1) is 6.92 Å². The highest BCUT2D eigenvalue weighted by molar-refractivity contribution is 7.98. The average molecular weight is 446 g/mol. The summed E-state index contributed by atoms with van der Waals surface area (Å²) in [6, 6.07) is 15.1. The molecule has 150 valence electrons. The summed E-state index contributed by atoms with van der Waals surface area (Å²) in [6.07, 6.45) is 1.92. The first-order chi connectivity index (χ1) is 14.0. The average Bonchev–Trinajstić information content (AvgIpc) is 2.69. The van der Waals surface area contributed by atoms with E-state index in [1.807, 2.05) is 54.8 Å². The highest BCUT2D eigenvalue weighted by Crippen LogP contribution is 2.25. The molecule has 29 heavy (non-hydrogen) atoms. The zero-order chi connectivity index (χ0) is 20.8. The van der Waals surface area contributed by atoms with Crippen LogP contribution >= 0.6 is 35.1 Å². The second kappa shape index (κ2) is 10.0. The van der Waals surface area contributed by atoms with Gasteiger partial charge >= 0.3 is 0 Å². The summed E-state index contributed by atoms with van der Waals surface area (Å²) in [6.45, 7) is 1.75. The molecule has 0 atom stereocenters. The van der Waals surface area contributed by atoms with Crippen LogP contribution in [0.4, 0.5) is 5.69 Å². The van der Waals surface area contributed by atoms with Crippen LogP contribution in [0.3, 0.4) is 0 Å². The minimum atomic E-state index is -0.292. The number of carbonyl (C=O) groups is 1. The van der Waals surface area contributed by atoms with Gasteiger partial charge in [0.1, 0.15) is 0 Å². The standard InChI is InChI=1S/C21H20ClN3O2S2/c1-13-16(11-19(26)24-17-8-3-4-9-18(17)28-2)20(27)25-21(23-13)29-12-14-6-5-7-15(22)10-14/h3-10H,11-12H2,1-2H3,(H,24,26)(H,23,25,27). The summed E-state index contributed by atoms with van der Waals surface area (Å²) in [5.74, 6) is 0.384. The number of amides is 1. The van der Waals surface area contributed by atoms with E-state index >= 15 is 0 Å². The lowest BCUT2D eigenvalue weighted by Gasteiger charge is -2.10. The number of thioether (sulfide) groups is 2. The number of H-pyrrole nitrogens is 1. The predicted molar refractivity (Wildman–Crippen MR) is 121 cm³/mol. The molecule has 0 saturated heterocycles. The number of anilines is 1. The van der Waals surface area contributed by atoms with Crippen molar-refractivity contribution in [2.45, 2.75) is 29.1 Å². The van der Waals surface area contributed by atoms with E-state index in [9.17, 15) is 9.59 Å². The van der Waals surface area contributed by atoms with Crippen molar-refractivity contribution in [2.24, 2.45) is 0 Å². The Hall–Kier alpha value is -2.22. The fourth-order valence-corrected chi connectivity index (χ4v) is 4.36. The highest BCUT2D eigenvalue weighted by atomic mass is 35.5. The smallest absolute Gasteiger partial charge is 0.255 e. The molecule has 0 saturated carbocycles. The van der Waals surface area contributed by atoms with Crippen LogP contribution in [0.15, 0.2) is 63.4 Å². The molecular weight excluding hydrogens is 426 g/mol. The second-order valence-corrected chi connectivity index (χ2v) is 8.53. The number of hydrogen-bond donors (Lipinski definition) is 2. The van der Waals surface area contributed by atoms with Gasteiger partial charge in [-0.25, -0.2) is 4.98 Å². The van der Waals surface area contributed by atoms with Crippen molar-refractivity contribution >= 4 is 46.7 Å². The number of halogens is 1. The third-order valence-corrected chi connectivity index (χ3v) is 6.16. The largest absolute Gasteiger partial charge is 0.325 e. The Kier molecular flexibility index (Phi) is 7.41. The van der Waals surface area contributed by atoms with Gasteiger partial charge in [0.05, 0.1) is 12.1 Å². The SMILES string of the molecule is CSc1ccccc1NC(=O)Cc1c(C)nc(SCc2cccc(Cl)c2)[nH]c1=O. The van der Waals surface area contributed by atoms with E-state index in [2.05, 4.69) is 15.3 Å². The predicted octanol–water partition coefficient (Wildman–Crippen LogP) is 4.93. The third-order valence-electron chi connectivity index (χ3n) is 4.18. The van der Waals surface area contributed by atoms with E-state index in [0.29, 0.717) is 27.2 Å². The maximum Gasteiger partial charge on any atom is 0.255 e. The Bertz CT molecular complexity index is 1090. The van der Waals surface area contributed by atoms with Crippen molar-refractivity contribution in [1.82, 2.24) is 9.97 Å². The summed E-state index contributed by atoms with van der Waals surface area (Å²) < 4.78 is 0. The fourth-order valence-electron chi connectivity index (χ4n) is 2.74. The summed E-state index contributed by atoms with van der Waals surface area (Å²) in [5.41, 5.74) is 2.41. The van der Waals surface area contributed by atoms with Gasteiger partial charge in [-0.3, -0.25) is 9.59 Å². The van der Waals surface area contributed by atoms with Crippen molar-refractivity contribution in [3.05, 3.63) is 80.7 Å². The van der Waals surface area contributed by atoms with E-state index in [-0.39, 0.29) is 17.9 Å². The quantitative estimate of drug-likeness (QED) is 0.398. The van der Waals surface area contributed by atoms with Gasteiger partial charge in [0.15, 0.2) is 5.16 Å². The molecule has 8 heteroatoms. The maximum absolute atomic E-state index is 12.5. The molecule has 2 aromatic carbocycles. The molecule has 3 rings (SSSR count). The minimum absolute atomic E-state index is 0.0316. The number of benzene rings is 2. The number of nitrogens with one attached hydrogen (secondary N) is 2. The molecular formula is C21H20ClN3O2S2. The number of aryl methyl sites for hydroxylation is 1. The van der Waals surface area contributed by atoms with Crippen molar-refractivity contribution in [3.63, 3.8) is 0 Å². The molecule has 5 nitrogen and oxygen atoms in total. The first kappa shape index (κ1) is 21.5. The Balaban J connectivity index is 1.69. The Labute approximate surface area is 182 Å². The summed E-state index contributed by atoms with van der Waals surface area (Å²) in [5, 5.41) is 4.06. The number of rotatable bonds is 7. The van der Waals surface area contributed by atoms with Gasteiger partial charge in [0.2, 0.25) is 5.91 Å².